The fourth-order valence-electron chi connectivity index (χ4n) is 2.39. The van der Waals surface area contributed by atoms with Crippen LogP contribution < -0.4 is 0 Å². The molecule has 0 fully saturated rings. The van der Waals surface area contributed by atoms with E-state index in [1.165, 1.54) is 0 Å². The highest BCUT2D eigenvalue weighted by atomic mass is 16.6. The third-order valence-electron chi connectivity index (χ3n) is 3.22. The number of hydrogen-bond acceptors (Lipinski definition) is 2. The quantitative estimate of drug-likeness (QED) is 0.657. The van der Waals surface area contributed by atoms with E-state index < -0.39 is 5.60 Å². The summed E-state index contributed by atoms with van der Waals surface area (Å²) in [4.78, 5) is 11.7. The van der Waals surface area contributed by atoms with Gasteiger partial charge in [0.05, 0.1) is 5.56 Å². The zero-order valence-corrected chi connectivity index (χ0v) is 9.68. The van der Waals surface area contributed by atoms with Gasteiger partial charge in [-0.3, -0.25) is 0 Å². The van der Waals surface area contributed by atoms with E-state index in [-0.39, 0.29) is 5.97 Å². The van der Waals surface area contributed by atoms with Crippen LogP contribution >= 0.6 is 0 Å². The van der Waals surface area contributed by atoms with Crippen molar-refractivity contribution in [3.05, 3.63) is 34.4 Å². The summed E-state index contributed by atoms with van der Waals surface area (Å²) in [6.07, 6.45) is 0.815. The number of fused-ring (bicyclic) bond motifs is 1. The molecule has 0 saturated carbocycles. The lowest BCUT2D eigenvalue weighted by atomic mass is 9.87. The van der Waals surface area contributed by atoms with E-state index in [9.17, 15) is 4.79 Å². The topological polar surface area (TPSA) is 26.3 Å². The number of cyclic esters (lactones) is 1. The molecule has 1 aliphatic heterocycles. The molecule has 1 heterocycles. The molecule has 0 saturated heterocycles. The van der Waals surface area contributed by atoms with Crippen molar-refractivity contribution in [3.63, 3.8) is 0 Å². The maximum absolute atomic E-state index is 11.7. The summed E-state index contributed by atoms with van der Waals surface area (Å²) >= 11 is 0. The van der Waals surface area contributed by atoms with Crippen molar-refractivity contribution in [1.82, 2.24) is 0 Å². The largest absolute Gasteiger partial charge is 0.451 e. The number of carbonyl (C=O) groups excluding carboxylic acids is 1. The van der Waals surface area contributed by atoms with E-state index in [2.05, 4.69) is 6.07 Å². The fraction of sp³-hybridized carbons (Fsp3) is 0.462. The molecule has 15 heavy (non-hydrogen) atoms. The molecule has 0 N–H and O–H groups in total. The van der Waals surface area contributed by atoms with E-state index in [0.717, 1.165) is 28.7 Å². The van der Waals surface area contributed by atoms with Gasteiger partial charge in [0.2, 0.25) is 0 Å². The van der Waals surface area contributed by atoms with E-state index in [4.69, 9.17) is 4.74 Å². The molecule has 0 radical (unpaired) electrons. The second-order valence-electron chi connectivity index (χ2n) is 4.48. The lowest BCUT2D eigenvalue weighted by molar-refractivity contribution is -0.000951. The van der Waals surface area contributed by atoms with Gasteiger partial charge in [-0.1, -0.05) is 13.0 Å². The first-order valence-corrected chi connectivity index (χ1v) is 5.33. The van der Waals surface area contributed by atoms with Gasteiger partial charge in [-0.25, -0.2) is 4.79 Å². The minimum absolute atomic E-state index is 0.179. The van der Waals surface area contributed by atoms with Gasteiger partial charge in [0.15, 0.2) is 0 Å². The average Bonchev–Trinajstić information content (AvgIpc) is 2.39. The molecule has 1 atom stereocenters. The average molecular weight is 204 g/mol. The summed E-state index contributed by atoms with van der Waals surface area (Å²) < 4.78 is 5.47. The maximum Gasteiger partial charge on any atom is 0.339 e. The van der Waals surface area contributed by atoms with Gasteiger partial charge < -0.3 is 4.74 Å². The standard InChI is InChI=1S/C13H16O2/c1-5-13(4)11-9(3)6-8(2)7-10(11)12(14)15-13/h6-7H,5H2,1-4H3/t13-/m0/s1. The maximum atomic E-state index is 11.7. The number of aryl methyl sites for hydroxylation is 2. The minimum atomic E-state index is -0.426. The van der Waals surface area contributed by atoms with Crippen molar-refractivity contribution in [2.45, 2.75) is 39.7 Å². The lowest BCUT2D eigenvalue weighted by Gasteiger charge is -2.23. The second-order valence-corrected chi connectivity index (χ2v) is 4.48. The van der Waals surface area contributed by atoms with Gasteiger partial charge in [0.1, 0.15) is 5.60 Å². The van der Waals surface area contributed by atoms with Crippen molar-refractivity contribution in [2.24, 2.45) is 0 Å². The highest BCUT2D eigenvalue weighted by Gasteiger charge is 2.41. The van der Waals surface area contributed by atoms with E-state index in [1.54, 1.807) is 0 Å². The second kappa shape index (κ2) is 3.09. The molecule has 0 unspecified atom stereocenters. The molecule has 2 heteroatoms. The summed E-state index contributed by atoms with van der Waals surface area (Å²) in [6.45, 7) is 8.07. The van der Waals surface area contributed by atoms with Crippen LogP contribution in [0.1, 0.15) is 47.3 Å². The Labute approximate surface area is 90.3 Å². The Morgan fingerprint density at radius 1 is 1.33 bits per heavy atom. The fourth-order valence-corrected chi connectivity index (χ4v) is 2.39. The van der Waals surface area contributed by atoms with Crippen LogP contribution in [0.4, 0.5) is 0 Å². The Balaban J connectivity index is 2.71. The molecule has 80 valence electrons. The predicted molar refractivity (Wildman–Crippen MR) is 59.0 cm³/mol. The first-order chi connectivity index (χ1) is 6.98. The Hall–Kier alpha value is -1.31. The van der Waals surface area contributed by atoms with E-state index in [1.807, 2.05) is 33.8 Å². The van der Waals surface area contributed by atoms with Crippen LogP contribution in [-0.4, -0.2) is 5.97 Å². The summed E-state index contributed by atoms with van der Waals surface area (Å²) in [7, 11) is 0. The Morgan fingerprint density at radius 2 is 2.00 bits per heavy atom. The summed E-state index contributed by atoms with van der Waals surface area (Å²) in [5.41, 5.74) is 3.66. The van der Waals surface area contributed by atoms with Crippen LogP contribution in [0, 0.1) is 13.8 Å². The van der Waals surface area contributed by atoms with Crippen LogP contribution in [-0.2, 0) is 10.3 Å². The van der Waals surface area contributed by atoms with Gasteiger partial charge in [-0.2, -0.15) is 0 Å². The van der Waals surface area contributed by atoms with Crippen molar-refractivity contribution >= 4 is 5.97 Å². The SMILES string of the molecule is CC[C@]1(C)OC(=O)c2cc(C)cc(C)c21. The van der Waals surface area contributed by atoms with E-state index >= 15 is 0 Å². The summed E-state index contributed by atoms with van der Waals surface area (Å²) in [6, 6.07) is 4.03. The monoisotopic (exact) mass is 204 g/mol. The first-order valence-electron chi connectivity index (χ1n) is 5.33. The van der Waals surface area contributed by atoms with Gasteiger partial charge in [0, 0.05) is 5.56 Å². The molecule has 2 nitrogen and oxygen atoms in total. The third-order valence-corrected chi connectivity index (χ3v) is 3.22. The number of rotatable bonds is 1. The highest BCUT2D eigenvalue weighted by Crippen LogP contribution is 2.40. The third kappa shape index (κ3) is 1.36. The van der Waals surface area contributed by atoms with Crippen molar-refractivity contribution in [3.8, 4) is 0 Å². The minimum Gasteiger partial charge on any atom is -0.451 e. The van der Waals surface area contributed by atoms with Crippen molar-refractivity contribution < 1.29 is 9.53 Å². The molecule has 1 aliphatic rings. The van der Waals surface area contributed by atoms with Crippen LogP contribution in [0.2, 0.25) is 0 Å². The predicted octanol–water partition coefficient (Wildman–Crippen LogP) is 3.10. The molecule has 0 bridgehead atoms. The van der Waals surface area contributed by atoms with Gasteiger partial charge >= 0.3 is 5.97 Å². The van der Waals surface area contributed by atoms with Crippen LogP contribution in [0.15, 0.2) is 12.1 Å². The van der Waals surface area contributed by atoms with Gasteiger partial charge in [-0.05, 0) is 44.4 Å². The van der Waals surface area contributed by atoms with Crippen LogP contribution in [0.5, 0.6) is 0 Å². The number of carbonyl (C=O) groups is 1. The zero-order chi connectivity index (χ0) is 11.2. The first kappa shape index (κ1) is 10.2. The summed E-state index contributed by atoms with van der Waals surface area (Å²) in [5.74, 6) is -0.179. The Bertz CT molecular complexity index is 434. The van der Waals surface area contributed by atoms with Crippen molar-refractivity contribution in [1.29, 1.82) is 0 Å². The van der Waals surface area contributed by atoms with Crippen LogP contribution in [0.3, 0.4) is 0 Å². The molecule has 1 aromatic carbocycles. The molecule has 2 rings (SSSR count). The van der Waals surface area contributed by atoms with Crippen LogP contribution in [0.25, 0.3) is 0 Å². The zero-order valence-electron chi connectivity index (χ0n) is 9.68. The molecular weight excluding hydrogens is 188 g/mol. The Morgan fingerprint density at radius 3 is 2.60 bits per heavy atom. The molecule has 0 spiro atoms. The van der Waals surface area contributed by atoms with Gasteiger partial charge in [-0.15, -0.1) is 0 Å². The smallest absolute Gasteiger partial charge is 0.339 e. The normalized spacial score (nSPS) is 23.9. The molecule has 0 aliphatic carbocycles. The van der Waals surface area contributed by atoms with Crippen molar-refractivity contribution in [2.75, 3.05) is 0 Å². The molecular formula is C13H16O2. The molecule has 0 aromatic heterocycles. The molecule has 1 aromatic rings. The number of benzene rings is 1. The summed E-state index contributed by atoms with van der Waals surface area (Å²) in [5, 5.41) is 0. The lowest BCUT2D eigenvalue weighted by Crippen LogP contribution is -2.21. The highest BCUT2D eigenvalue weighted by molar-refractivity contribution is 5.95. The van der Waals surface area contributed by atoms with E-state index in [0.29, 0.717) is 0 Å². The Kier molecular flexibility index (Phi) is 2.10. The number of hydrogen-bond donors (Lipinski definition) is 0. The number of ether oxygens (including phenoxy) is 1. The number of esters is 1. The van der Waals surface area contributed by atoms with Gasteiger partial charge in [0.25, 0.3) is 0 Å². The molecule has 0 amide bonds.